The topological polar surface area (TPSA) is 83.9 Å². The van der Waals surface area contributed by atoms with Crippen LogP contribution < -0.4 is 5.56 Å². The molecule has 7 heteroatoms. The SMILES string of the molecule is Cc1cc(=O)[nH]c(-n2ncc(C(=O)C34CC5CCC(C3)N54)c2C)n1. The summed E-state index contributed by atoms with van der Waals surface area (Å²) < 4.78 is 1.55. The molecule has 0 amide bonds. The van der Waals surface area contributed by atoms with Crippen molar-refractivity contribution < 1.29 is 4.79 Å². The largest absolute Gasteiger partial charge is 0.292 e. The molecule has 0 radical (unpaired) electrons. The zero-order chi connectivity index (χ0) is 16.6. The van der Waals surface area contributed by atoms with E-state index in [0.717, 1.165) is 18.5 Å². The third kappa shape index (κ3) is 1.60. The highest BCUT2D eigenvalue weighted by molar-refractivity contribution is 6.05. The van der Waals surface area contributed by atoms with Gasteiger partial charge in [0, 0.05) is 23.8 Å². The fourth-order valence-corrected chi connectivity index (χ4v) is 4.97. The van der Waals surface area contributed by atoms with Gasteiger partial charge in [0.2, 0.25) is 5.95 Å². The van der Waals surface area contributed by atoms with Crippen molar-refractivity contribution in [3.05, 3.63) is 39.6 Å². The summed E-state index contributed by atoms with van der Waals surface area (Å²) in [5.74, 6) is 0.531. The van der Waals surface area contributed by atoms with Gasteiger partial charge in [-0.2, -0.15) is 5.10 Å². The lowest BCUT2D eigenvalue weighted by Gasteiger charge is -2.65. The van der Waals surface area contributed by atoms with Gasteiger partial charge < -0.3 is 0 Å². The highest BCUT2D eigenvalue weighted by Gasteiger charge is 2.69. The van der Waals surface area contributed by atoms with Gasteiger partial charge in [-0.05, 0) is 39.5 Å². The Kier molecular flexibility index (Phi) is 2.59. The van der Waals surface area contributed by atoms with Crippen LogP contribution in [0, 0.1) is 13.8 Å². The van der Waals surface area contributed by atoms with Gasteiger partial charge >= 0.3 is 0 Å². The van der Waals surface area contributed by atoms with E-state index in [1.807, 2.05) is 6.92 Å². The molecule has 5 rings (SSSR count). The summed E-state index contributed by atoms with van der Waals surface area (Å²) in [5.41, 5.74) is 1.49. The average molecular weight is 325 g/mol. The Morgan fingerprint density at radius 2 is 2.00 bits per heavy atom. The number of nitrogens with zero attached hydrogens (tertiary/aromatic N) is 4. The molecule has 2 unspecified atom stereocenters. The van der Waals surface area contributed by atoms with Crippen LogP contribution in [0.1, 0.15) is 47.4 Å². The first-order valence-electron chi connectivity index (χ1n) is 8.46. The molecule has 0 aromatic carbocycles. The van der Waals surface area contributed by atoms with E-state index in [-0.39, 0.29) is 16.9 Å². The van der Waals surface area contributed by atoms with E-state index in [9.17, 15) is 9.59 Å². The fourth-order valence-electron chi connectivity index (χ4n) is 4.97. The monoisotopic (exact) mass is 325 g/mol. The Bertz CT molecular complexity index is 913. The number of piperidine rings is 1. The summed E-state index contributed by atoms with van der Waals surface area (Å²) >= 11 is 0. The number of ketones is 1. The van der Waals surface area contributed by atoms with Gasteiger partial charge in [-0.15, -0.1) is 0 Å². The van der Waals surface area contributed by atoms with Crippen LogP contribution in [0.4, 0.5) is 0 Å². The summed E-state index contributed by atoms with van der Waals surface area (Å²) in [6.07, 6.45) is 6.03. The van der Waals surface area contributed by atoms with Gasteiger partial charge in [0.15, 0.2) is 5.78 Å². The van der Waals surface area contributed by atoms with Crippen molar-refractivity contribution in [2.75, 3.05) is 0 Å². The summed E-state index contributed by atoms with van der Waals surface area (Å²) in [6, 6.07) is 2.65. The van der Waals surface area contributed by atoms with Gasteiger partial charge in [0.25, 0.3) is 5.56 Å². The van der Waals surface area contributed by atoms with Gasteiger partial charge in [-0.1, -0.05) is 0 Å². The molecule has 124 valence electrons. The van der Waals surface area contributed by atoms with Crippen LogP contribution in [0.5, 0.6) is 0 Å². The van der Waals surface area contributed by atoms with Crippen molar-refractivity contribution in [3.63, 3.8) is 0 Å². The van der Waals surface area contributed by atoms with Gasteiger partial charge in [-0.3, -0.25) is 19.5 Å². The molecule has 24 heavy (non-hydrogen) atoms. The average Bonchev–Trinajstić information content (AvgIpc) is 2.90. The molecule has 2 aromatic rings. The second kappa shape index (κ2) is 4.42. The molecule has 7 nitrogen and oxygen atoms in total. The smallest absolute Gasteiger partial charge is 0.252 e. The maximum atomic E-state index is 13.1. The van der Waals surface area contributed by atoms with Crippen molar-refractivity contribution in [2.24, 2.45) is 0 Å². The van der Waals surface area contributed by atoms with Gasteiger partial charge in [-0.25, -0.2) is 9.67 Å². The molecule has 2 aromatic heterocycles. The van der Waals surface area contributed by atoms with E-state index in [1.165, 1.54) is 18.9 Å². The first kappa shape index (κ1) is 14.1. The van der Waals surface area contributed by atoms with Gasteiger partial charge in [0.1, 0.15) is 0 Å². The molecule has 3 aliphatic heterocycles. The minimum atomic E-state index is -0.280. The Balaban J connectivity index is 1.51. The van der Waals surface area contributed by atoms with Crippen LogP contribution in [0.3, 0.4) is 0 Å². The highest BCUT2D eigenvalue weighted by Crippen LogP contribution is 2.59. The van der Waals surface area contributed by atoms with E-state index < -0.39 is 0 Å². The molecule has 0 saturated carbocycles. The Morgan fingerprint density at radius 3 is 2.67 bits per heavy atom. The molecule has 2 atom stereocenters. The maximum absolute atomic E-state index is 13.1. The van der Waals surface area contributed by atoms with Crippen molar-refractivity contribution in [1.29, 1.82) is 0 Å². The predicted octanol–water partition coefficient (Wildman–Crippen LogP) is 1.13. The second-order valence-corrected chi connectivity index (χ2v) is 7.33. The minimum Gasteiger partial charge on any atom is -0.292 e. The highest BCUT2D eigenvalue weighted by atomic mass is 16.1. The number of hydrogen-bond acceptors (Lipinski definition) is 5. The zero-order valence-corrected chi connectivity index (χ0v) is 13.7. The first-order valence-corrected chi connectivity index (χ1v) is 8.46. The lowest BCUT2D eigenvalue weighted by atomic mass is 9.64. The van der Waals surface area contributed by atoms with Crippen LogP contribution in [0.25, 0.3) is 5.95 Å². The molecule has 3 saturated heterocycles. The lowest BCUT2D eigenvalue weighted by Crippen LogP contribution is -2.78. The van der Waals surface area contributed by atoms with Crippen LogP contribution in [0.2, 0.25) is 0 Å². The zero-order valence-electron chi connectivity index (χ0n) is 13.7. The predicted molar refractivity (Wildman–Crippen MR) is 86.4 cm³/mol. The Hall–Kier alpha value is -2.28. The Morgan fingerprint density at radius 1 is 1.29 bits per heavy atom. The molecule has 5 heterocycles. The van der Waals surface area contributed by atoms with Crippen molar-refractivity contribution in [3.8, 4) is 5.95 Å². The number of aryl methyl sites for hydroxylation is 1. The number of Topliss-reactive ketones (excluding diaryl/α,β-unsaturated/α-hetero) is 1. The van der Waals surface area contributed by atoms with E-state index >= 15 is 0 Å². The van der Waals surface area contributed by atoms with E-state index in [1.54, 1.807) is 17.8 Å². The number of rotatable bonds is 3. The standard InChI is InChI=1S/C17H19N5O2/c1-9-5-14(23)20-16(19-9)22-10(2)13(8-18-22)15(24)17-6-11-3-4-12(7-17)21(11)17/h5,8,11-12H,3-4,6-7H2,1-2H3,(H,19,20,23). The Labute approximate surface area is 138 Å². The molecule has 3 fully saturated rings. The first-order chi connectivity index (χ1) is 11.5. The normalized spacial score (nSPS) is 30.6. The molecule has 0 bridgehead atoms. The third-order valence-corrected chi connectivity index (χ3v) is 6.00. The second-order valence-electron chi connectivity index (χ2n) is 7.33. The maximum Gasteiger partial charge on any atom is 0.252 e. The third-order valence-electron chi connectivity index (χ3n) is 6.00. The van der Waals surface area contributed by atoms with E-state index in [0.29, 0.717) is 29.3 Å². The molecule has 0 spiro atoms. The molecule has 1 N–H and O–H groups in total. The van der Waals surface area contributed by atoms with E-state index in [4.69, 9.17) is 0 Å². The number of carbonyl (C=O) groups excluding carboxylic acids is 1. The fraction of sp³-hybridized carbons (Fsp3) is 0.529. The number of carbonyl (C=O) groups is 1. The number of nitrogens with one attached hydrogen (secondary N) is 1. The van der Waals surface area contributed by atoms with E-state index in [2.05, 4.69) is 20.0 Å². The summed E-state index contributed by atoms with van der Waals surface area (Å²) in [6.45, 7) is 3.62. The molecule has 3 aliphatic rings. The summed E-state index contributed by atoms with van der Waals surface area (Å²) in [4.78, 5) is 34.2. The number of aromatic amines is 1. The van der Waals surface area contributed by atoms with Crippen molar-refractivity contribution in [2.45, 2.75) is 57.2 Å². The molecule has 0 aliphatic carbocycles. The van der Waals surface area contributed by atoms with Crippen molar-refractivity contribution in [1.82, 2.24) is 24.6 Å². The molecular weight excluding hydrogens is 306 g/mol. The number of H-pyrrole nitrogens is 1. The van der Waals surface area contributed by atoms with Crippen LogP contribution >= 0.6 is 0 Å². The summed E-state index contributed by atoms with van der Waals surface area (Å²) in [5, 5.41) is 4.31. The quantitative estimate of drug-likeness (QED) is 0.856. The minimum absolute atomic E-state index is 0.177. The number of aromatic nitrogens is 4. The van der Waals surface area contributed by atoms with Gasteiger partial charge in [0.05, 0.1) is 23.0 Å². The van der Waals surface area contributed by atoms with Crippen LogP contribution in [0.15, 0.2) is 17.1 Å². The summed E-state index contributed by atoms with van der Waals surface area (Å²) in [7, 11) is 0. The number of hydrogen-bond donors (Lipinski definition) is 1. The van der Waals surface area contributed by atoms with Crippen LogP contribution in [-0.4, -0.2) is 48.1 Å². The van der Waals surface area contributed by atoms with Crippen molar-refractivity contribution >= 4 is 5.78 Å². The van der Waals surface area contributed by atoms with Crippen LogP contribution in [-0.2, 0) is 0 Å². The lowest BCUT2D eigenvalue weighted by molar-refractivity contribution is -0.133. The molecular formula is C17H19N5O2.